The molecule has 0 radical (unpaired) electrons. The topological polar surface area (TPSA) is 36.4 Å². The van der Waals surface area contributed by atoms with Gasteiger partial charge in [-0.15, -0.1) is 0 Å². The molecular weight excluding hydrogens is 269 g/mol. The fourth-order valence-electron chi connectivity index (χ4n) is 1.77. The van der Waals surface area contributed by atoms with Crippen LogP contribution >= 0.6 is 11.6 Å². The number of alkyl halides is 3. The zero-order valence-corrected chi connectivity index (χ0v) is 10.2. The first-order chi connectivity index (χ1) is 8.41. The van der Waals surface area contributed by atoms with Gasteiger partial charge in [0.15, 0.2) is 0 Å². The van der Waals surface area contributed by atoms with Gasteiger partial charge in [-0.1, -0.05) is 11.6 Å². The number of hydrogen-bond acceptors (Lipinski definition) is 3. The van der Waals surface area contributed by atoms with Crippen molar-refractivity contribution in [3.8, 4) is 0 Å². The summed E-state index contributed by atoms with van der Waals surface area (Å²) < 4.78 is 38.0. The van der Waals surface area contributed by atoms with Crippen LogP contribution in [0.5, 0.6) is 0 Å². The van der Waals surface area contributed by atoms with E-state index in [0.717, 1.165) is 25.0 Å². The Kier molecular flexibility index (Phi) is 3.68. The minimum Gasteiger partial charge on any atom is -0.395 e. The molecule has 0 aromatic carbocycles. The Bertz CT molecular complexity index is 435. The first-order valence-corrected chi connectivity index (χ1v) is 5.92. The molecule has 1 saturated carbocycles. The third-order valence-electron chi connectivity index (χ3n) is 2.73. The van der Waals surface area contributed by atoms with Crippen LogP contribution < -0.4 is 4.90 Å². The lowest BCUT2D eigenvalue weighted by molar-refractivity contribution is -0.137. The molecule has 1 fully saturated rings. The minimum absolute atomic E-state index is 0.133. The Morgan fingerprint density at radius 3 is 2.56 bits per heavy atom. The van der Waals surface area contributed by atoms with Crippen molar-refractivity contribution in [2.24, 2.45) is 0 Å². The van der Waals surface area contributed by atoms with E-state index in [1.54, 1.807) is 4.90 Å². The number of halogens is 4. The zero-order chi connectivity index (χ0) is 13.3. The number of pyridine rings is 1. The van der Waals surface area contributed by atoms with E-state index in [4.69, 9.17) is 16.7 Å². The summed E-state index contributed by atoms with van der Waals surface area (Å²) in [6.45, 7) is 0.126. The molecule has 3 nitrogen and oxygen atoms in total. The van der Waals surface area contributed by atoms with Gasteiger partial charge < -0.3 is 10.0 Å². The number of rotatable bonds is 4. The van der Waals surface area contributed by atoms with Crippen LogP contribution in [0.25, 0.3) is 0 Å². The van der Waals surface area contributed by atoms with Crippen molar-refractivity contribution in [1.82, 2.24) is 4.98 Å². The molecule has 100 valence electrons. The lowest BCUT2D eigenvalue weighted by Crippen LogP contribution is -2.30. The van der Waals surface area contributed by atoms with E-state index < -0.39 is 11.7 Å². The molecule has 0 unspecified atom stereocenters. The van der Waals surface area contributed by atoms with E-state index in [0.29, 0.717) is 0 Å². The first-order valence-electron chi connectivity index (χ1n) is 5.54. The van der Waals surface area contributed by atoms with E-state index in [1.165, 1.54) is 0 Å². The van der Waals surface area contributed by atoms with Crippen LogP contribution in [0.15, 0.2) is 12.1 Å². The van der Waals surface area contributed by atoms with Gasteiger partial charge in [0.05, 0.1) is 12.2 Å². The number of aliphatic hydroxyl groups is 1. The Morgan fingerprint density at radius 1 is 1.39 bits per heavy atom. The van der Waals surface area contributed by atoms with Crippen LogP contribution in [0.3, 0.4) is 0 Å². The average molecular weight is 281 g/mol. The van der Waals surface area contributed by atoms with E-state index in [1.807, 2.05) is 0 Å². The maximum atomic E-state index is 12.7. The van der Waals surface area contributed by atoms with E-state index >= 15 is 0 Å². The summed E-state index contributed by atoms with van der Waals surface area (Å²) in [5.74, 6) is 0.173. The van der Waals surface area contributed by atoms with Crippen molar-refractivity contribution < 1.29 is 18.3 Å². The molecule has 7 heteroatoms. The summed E-state index contributed by atoms with van der Waals surface area (Å²) in [6, 6.07) is 1.93. The maximum absolute atomic E-state index is 12.7. The summed E-state index contributed by atoms with van der Waals surface area (Å²) in [5.41, 5.74) is -0.818. The maximum Gasteiger partial charge on any atom is 0.416 e. The number of aromatic nitrogens is 1. The van der Waals surface area contributed by atoms with Crippen LogP contribution in [-0.4, -0.2) is 29.3 Å². The number of hydrogen-bond donors (Lipinski definition) is 1. The van der Waals surface area contributed by atoms with Gasteiger partial charge in [-0.05, 0) is 25.0 Å². The smallest absolute Gasteiger partial charge is 0.395 e. The quantitative estimate of drug-likeness (QED) is 0.862. The van der Waals surface area contributed by atoms with Gasteiger partial charge in [0.1, 0.15) is 11.0 Å². The highest BCUT2D eigenvalue weighted by atomic mass is 35.5. The molecule has 2 rings (SSSR count). The molecule has 1 aliphatic carbocycles. The highest BCUT2D eigenvalue weighted by Gasteiger charge is 2.34. The second kappa shape index (κ2) is 4.93. The molecule has 0 bridgehead atoms. The molecule has 0 atom stereocenters. The fraction of sp³-hybridized carbons (Fsp3) is 0.545. The molecule has 0 amide bonds. The van der Waals surface area contributed by atoms with Gasteiger partial charge >= 0.3 is 6.18 Å². The van der Waals surface area contributed by atoms with Crippen LogP contribution in [0.1, 0.15) is 18.4 Å². The number of anilines is 1. The number of aliphatic hydroxyl groups excluding tert-OH is 1. The largest absolute Gasteiger partial charge is 0.416 e. The van der Waals surface area contributed by atoms with E-state index in [9.17, 15) is 13.2 Å². The summed E-state index contributed by atoms with van der Waals surface area (Å²) >= 11 is 5.63. The van der Waals surface area contributed by atoms with Gasteiger partial charge in [0, 0.05) is 12.6 Å². The monoisotopic (exact) mass is 280 g/mol. The third-order valence-corrected chi connectivity index (χ3v) is 2.92. The van der Waals surface area contributed by atoms with Gasteiger partial charge in [-0.2, -0.15) is 13.2 Å². The summed E-state index contributed by atoms with van der Waals surface area (Å²) in [6.07, 6.45) is -2.65. The first kappa shape index (κ1) is 13.4. The predicted octanol–water partition coefficient (Wildman–Crippen LogP) is 2.71. The Morgan fingerprint density at radius 2 is 2.06 bits per heavy atom. The summed E-state index contributed by atoms with van der Waals surface area (Å²) in [4.78, 5) is 5.58. The molecule has 1 aliphatic rings. The molecular formula is C11H12ClF3N2O. The van der Waals surface area contributed by atoms with Gasteiger partial charge in [0.2, 0.25) is 0 Å². The lowest BCUT2D eigenvalue weighted by atomic mass is 10.2. The molecule has 1 aromatic rings. The Labute approximate surface area is 107 Å². The fourth-order valence-corrected chi connectivity index (χ4v) is 1.98. The second-order valence-corrected chi connectivity index (χ2v) is 4.57. The van der Waals surface area contributed by atoms with E-state index in [2.05, 4.69) is 4.98 Å². The Hall–Kier alpha value is -1.01. The van der Waals surface area contributed by atoms with Crippen molar-refractivity contribution >= 4 is 17.4 Å². The molecule has 0 spiro atoms. The van der Waals surface area contributed by atoms with E-state index in [-0.39, 0.29) is 30.2 Å². The number of nitrogens with zero attached hydrogens (tertiary/aromatic N) is 2. The van der Waals surface area contributed by atoms with Crippen LogP contribution in [0.2, 0.25) is 5.15 Å². The van der Waals surface area contributed by atoms with Crippen molar-refractivity contribution in [3.05, 3.63) is 22.8 Å². The van der Waals surface area contributed by atoms with Gasteiger partial charge in [-0.25, -0.2) is 4.98 Å². The molecule has 0 saturated heterocycles. The summed E-state index contributed by atoms with van der Waals surface area (Å²) in [7, 11) is 0. The molecule has 1 heterocycles. The standard InChI is InChI=1S/C11H12ClF3N2O/c12-9-5-7(11(13,14)15)6-10(16-9)17(3-4-18)8-1-2-8/h5-6,8,18H,1-4H2. The molecule has 1 aromatic heterocycles. The summed E-state index contributed by atoms with van der Waals surface area (Å²) in [5, 5.41) is 8.76. The zero-order valence-electron chi connectivity index (χ0n) is 9.41. The second-order valence-electron chi connectivity index (χ2n) is 4.18. The van der Waals surface area contributed by atoms with Crippen LogP contribution in [0, 0.1) is 0 Å². The van der Waals surface area contributed by atoms with Crippen molar-refractivity contribution in [2.45, 2.75) is 25.1 Å². The lowest BCUT2D eigenvalue weighted by Gasteiger charge is -2.23. The third kappa shape index (κ3) is 3.05. The van der Waals surface area contributed by atoms with Crippen molar-refractivity contribution in [1.29, 1.82) is 0 Å². The SMILES string of the molecule is OCCN(c1cc(C(F)(F)F)cc(Cl)n1)C1CC1. The van der Waals surface area contributed by atoms with Gasteiger partial charge in [-0.3, -0.25) is 0 Å². The Balaban J connectivity index is 2.34. The van der Waals surface area contributed by atoms with Crippen molar-refractivity contribution in [2.75, 3.05) is 18.1 Å². The van der Waals surface area contributed by atoms with Crippen LogP contribution in [-0.2, 0) is 6.18 Å². The van der Waals surface area contributed by atoms with Crippen LogP contribution in [0.4, 0.5) is 19.0 Å². The molecule has 1 N–H and O–H groups in total. The molecule has 18 heavy (non-hydrogen) atoms. The average Bonchev–Trinajstić information content (AvgIpc) is 3.07. The highest BCUT2D eigenvalue weighted by molar-refractivity contribution is 6.29. The predicted molar refractivity (Wildman–Crippen MR) is 61.7 cm³/mol. The minimum atomic E-state index is -4.45. The highest BCUT2D eigenvalue weighted by Crippen LogP contribution is 2.36. The van der Waals surface area contributed by atoms with Crippen molar-refractivity contribution in [3.63, 3.8) is 0 Å². The van der Waals surface area contributed by atoms with Gasteiger partial charge in [0.25, 0.3) is 0 Å². The molecule has 0 aliphatic heterocycles. The normalized spacial score (nSPS) is 15.8.